The van der Waals surface area contributed by atoms with Crippen molar-refractivity contribution in [2.45, 2.75) is 36.4 Å². The van der Waals surface area contributed by atoms with Crippen LogP contribution in [0.3, 0.4) is 0 Å². The Labute approximate surface area is 116 Å². The van der Waals surface area contributed by atoms with Crippen LogP contribution in [0.4, 0.5) is 4.39 Å². The van der Waals surface area contributed by atoms with Crippen LogP contribution in [-0.4, -0.2) is 28.3 Å². The molecule has 0 bridgehead atoms. The predicted octanol–water partition coefficient (Wildman–Crippen LogP) is 3.18. The number of aryl methyl sites for hydroxylation is 1. The number of ether oxygens (including phenoxy) is 1. The lowest BCUT2D eigenvalue weighted by Crippen LogP contribution is -2.32. The number of hydrogen-bond donors (Lipinski definition) is 0. The molecule has 2 nitrogen and oxygen atoms in total. The van der Waals surface area contributed by atoms with Gasteiger partial charge in [-0.3, -0.25) is 4.21 Å². The van der Waals surface area contributed by atoms with Gasteiger partial charge in [0.15, 0.2) is 0 Å². The van der Waals surface area contributed by atoms with E-state index in [0.29, 0.717) is 19.4 Å². The van der Waals surface area contributed by atoms with E-state index in [1.807, 2.05) is 31.2 Å². The number of alkyl halides is 1. The molecule has 2 rings (SSSR count). The van der Waals surface area contributed by atoms with E-state index in [2.05, 4.69) is 6.58 Å². The molecule has 1 aliphatic heterocycles. The minimum absolute atomic E-state index is 0.231. The number of allylic oxidation sites excluding steroid dienone is 1. The van der Waals surface area contributed by atoms with Gasteiger partial charge in [-0.1, -0.05) is 23.8 Å². The summed E-state index contributed by atoms with van der Waals surface area (Å²) in [7, 11) is -1.22. The summed E-state index contributed by atoms with van der Waals surface area (Å²) < 4.78 is 31.6. The highest BCUT2D eigenvalue weighted by Crippen LogP contribution is 2.37. The SMILES string of the molecule is C=CCC[C@H](F)[C@]1(C[S@](=O)c2ccc(C)cc2)CO1. The van der Waals surface area contributed by atoms with Crippen molar-refractivity contribution in [1.82, 2.24) is 0 Å². The average molecular weight is 282 g/mol. The maximum absolute atomic E-state index is 14.1. The molecule has 0 aromatic heterocycles. The Morgan fingerprint density at radius 2 is 2.16 bits per heavy atom. The fraction of sp³-hybridized carbons (Fsp3) is 0.467. The zero-order valence-electron chi connectivity index (χ0n) is 11.1. The molecule has 0 radical (unpaired) electrons. The molecule has 0 N–H and O–H groups in total. The van der Waals surface area contributed by atoms with Gasteiger partial charge in [-0.25, -0.2) is 4.39 Å². The first-order chi connectivity index (χ1) is 9.07. The van der Waals surface area contributed by atoms with E-state index in [1.165, 1.54) is 0 Å². The lowest BCUT2D eigenvalue weighted by Gasteiger charge is -2.16. The van der Waals surface area contributed by atoms with Crippen molar-refractivity contribution in [3.05, 3.63) is 42.5 Å². The largest absolute Gasteiger partial charge is 0.365 e. The summed E-state index contributed by atoms with van der Waals surface area (Å²) in [6, 6.07) is 7.49. The highest BCUT2D eigenvalue weighted by Gasteiger charge is 2.53. The Bertz CT molecular complexity index is 466. The molecule has 1 aliphatic rings. The second-order valence-electron chi connectivity index (χ2n) is 4.99. The summed E-state index contributed by atoms with van der Waals surface area (Å²) in [6.45, 7) is 5.93. The van der Waals surface area contributed by atoms with Crippen LogP contribution in [0.1, 0.15) is 18.4 Å². The Balaban J connectivity index is 1.98. The van der Waals surface area contributed by atoms with Gasteiger partial charge in [-0.2, -0.15) is 0 Å². The van der Waals surface area contributed by atoms with Gasteiger partial charge in [0.05, 0.1) is 23.2 Å². The molecule has 0 unspecified atom stereocenters. The smallest absolute Gasteiger partial charge is 0.134 e. The highest BCUT2D eigenvalue weighted by atomic mass is 32.2. The monoisotopic (exact) mass is 282 g/mol. The Morgan fingerprint density at radius 1 is 1.53 bits per heavy atom. The van der Waals surface area contributed by atoms with Crippen LogP contribution in [-0.2, 0) is 15.5 Å². The molecule has 0 spiro atoms. The molecular formula is C15H19FO2S. The standard InChI is InChI=1S/C15H19FO2S/c1-3-4-5-14(16)15(10-18-15)11-19(17)13-8-6-12(2)7-9-13/h3,6-9,14H,1,4-5,10-11H2,2H3/t14-,15+,19-/m0/s1. The molecule has 1 aromatic rings. The second-order valence-corrected chi connectivity index (χ2v) is 6.44. The van der Waals surface area contributed by atoms with Gasteiger partial charge < -0.3 is 4.74 Å². The zero-order valence-corrected chi connectivity index (χ0v) is 11.9. The number of benzene rings is 1. The average Bonchev–Trinajstić information content (AvgIpc) is 3.17. The van der Waals surface area contributed by atoms with Crippen molar-refractivity contribution in [1.29, 1.82) is 0 Å². The third-order valence-electron chi connectivity index (χ3n) is 3.37. The van der Waals surface area contributed by atoms with Gasteiger partial charge in [0, 0.05) is 4.90 Å². The maximum atomic E-state index is 14.1. The molecular weight excluding hydrogens is 263 g/mol. The topological polar surface area (TPSA) is 29.6 Å². The van der Waals surface area contributed by atoms with E-state index in [-0.39, 0.29) is 5.75 Å². The first-order valence-corrected chi connectivity index (χ1v) is 7.73. The van der Waals surface area contributed by atoms with Crippen LogP contribution in [0, 0.1) is 6.92 Å². The number of hydrogen-bond acceptors (Lipinski definition) is 2. The van der Waals surface area contributed by atoms with Crippen LogP contribution in [0.5, 0.6) is 0 Å². The summed E-state index contributed by atoms with van der Waals surface area (Å²) in [6.07, 6.45) is 1.62. The van der Waals surface area contributed by atoms with Crippen LogP contribution in [0.2, 0.25) is 0 Å². The fourth-order valence-electron chi connectivity index (χ4n) is 1.97. The van der Waals surface area contributed by atoms with Gasteiger partial charge in [0.2, 0.25) is 0 Å². The fourth-order valence-corrected chi connectivity index (χ4v) is 3.37. The lowest BCUT2D eigenvalue weighted by molar-refractivity contribution is 0.170. The van der Waals surface area contributed by atoms with E-state index >= 15 is 0 Å². The number of epoxide rings is 1. The van der Waals surface area contributed by atoms with E-state index in [9.17, 15) is 8.60 Å². The summed E-state index contributed by atoms with van der Waals surface area (Å²) in [4.78, 5) is 0.733. The molecule has 1 fully saturated rings. The van der Waals surface area contributed by atoms with Gasteiger partial charge in [-0.15, -0.1) is 6.58 Å². The van der Waals surface area contributed by atoms with Crippen LogP contribution >= 0.6 is 0 Å². The summed E-state index contributed by atoms with van der Waals surface area (Å²) in [5.41, 5.74) is 0.283. The van der Waals surface area contributed by atoms with Crippen LogP contribution < -0.4 is 0 Å². The molecule has 0 aliphatic carbocycles. The minimum Gasteiger partial charge on any atom is -0.365 e. The summed E-state index contributed by atoms with van der Waals surface area (Å²) in [5.74, 6) is 0.231. The van der Waals surface area contributed by atoms with Crippen molar-refractivity contribution in [3.63, 3.8) is 0 Å². The molecule has 1 heterocycles. The van der Waals surface area contributed by atoms with Gasteiger partial charge in [-0.05, 0) is 31.9 Å². The first-order valence-electron chi connectivity index (χ1n) is 6.41. The zero-order chi connectivity index (χ0) is 13.9. The Morgan fingerprint density at radius 3 is 2.68 bits per heavy atom. The van der Waals surface area contributed by atoms with Gasteiger partial charge in [0.1, 0.15) is 11.8 Å². The molecule has 0 amide bonds. The summed E-state index contributed by atoms with van der Waals surface area (Å²) in [5, 5.41) is 0. The van der Waals surface area contributed by atoms with E-state index < -0.39 is 22.6 Å². The van der Waals surface area contributed by atoms with Gasteiger partial charge >= 0.3 is 0 Å². The van der Waals surface area contributed by atoms with E-state index in [0.717, 1.165) is 10.5 Å². The third kappa shape index (κ3) is 3.51. The molecule has 0 saturated carbocycles. The van der Waals surface area contributed by atoms with E-state index in [4.69, 9.17) is 4.74 Å². The van der Waals surface area contributed by atoms with Crippen molar-refractivity contribution < 1.29 is 13.3 Å². The lowest BCUT2D eigenvalue weighted by atomic mass is 10.0. The first kappa shape index (κ1) is 14.4. The van der Waals surface area contributed by atoms with Crippen molar-refractivity contribution in [3.8, 4) is 0 Å². The highest BCUT2D eigenvalue weighted by molar-refractivity contribution is 7.85. The third-order valence-corrected chi connectivity index (χ3v) is 4.92. The normalized spacial score (nSPS) is 24.7. The second kappa shape index (κ2) is 5.97. The molecule has 4 heteroatoms. The quantitative estimate of drug-likeness (QED) is 0.568. The molecule has 3 atom stereocenters. The molecule has 104 valence electrons. The molecule has 1 saturated heterocycles. The molecule has 19 heavy (non-hydrogen) atoms. The molecule has 1 aromatic carbocycles. The number of rotatable bonds is 7. The van der Waals surface area contributed by atoms with Crippen molar-refractivity contribution in [2.75, 3.05) is 12.4 Å². The summed E-state index contributed by atoms with van der Waals surface area (Å²) >= 11 is 0. The number of halogens is 1. The van der Waals surface area contributed by atoms with Crippen molar-refractivity contribution >= 4 is 10.8 Å². The minimum atomic E-state index is -1.22. The Kier molecular flexibility index (Phi) is 4.53. The van der Waals surface area contributed by atoms with Crippen molar-refractivity contribution in [2.24, 2.45) is 0 Å². The van der Waals surface area contributed by atoms with Crippen LogP contribution in [0.15, 0.2) is 41.8 Å². The van der Waals surface area contributed by atoms with E-state index in [1.54, 1.807) is 6.08 Å². The Hall–Kier alpha value is -1.00. The maximum Gasteiger partial charge on any atom is 0.134 e. The van der Waals surface area contributed by atoms with Crippen LogP contribution in [0.25, 0.3) is 0 Å². The van der Waals surface area contributed by atoms with Gasteiger partial charge in [0.25, 0.3) is 0 Å². The predicted molar refractivity (Wildman–Crippen MR) is 75.5 cm³/mol.